The summed E-state index contributed by atoms with van der Waals surface area (Å²) in [6.07, 6.45) is -0.522. The van der Waals surface area contributed by atoms with Gasteiger partial charge in [0.15, 0.2) is 0 Å². The average Bonchev–Trinajstić information content (AvgIpc) is 2.80. The van der Waals surface area contributed by atoms with Gasteiger partial charge in [-0.15, -0.1) is 0 Å². The van der Waals surface area contributed by atoms with E-state index < -0.39 is 23.9 Å². The minimum atomic E-state index is -4.44. The molecule has 2 aromatic rings. The molecule has 0 bridgehead atoms. The number of hydrogen-bond donors (Lipinski definition) is 4. The third-order valence-corrected chi connectivity index (χ3v) is 5.26. The number of nitrogens with zero attached hydrogens (tertiary/aromatic N) is 1. The highest BCUT2D eigenvalue weighted by molar-refractivity contribution is 5.94. The van der Waals surface area contributed by atoms with Gasteiger partial charge >= 0.3 is 12.2 Å². The first-order valence-corrected chi connectivity index (χ1v) is 10.5. The Morgan fingerprint density at radius 2 is 1.91 bits per heavy atom. The van der Waals surface area contributed by atoms with E-state index in [9.17, 15) is 27.9 Å². The molecule has 1 fully saturated rings. The van der Waals surface area contributed by atoms with Crippen LogP contribution in [0.2, 0.25) is 0 Å². The number of alkyl halides is 3. The van der Waals surface area contributed by atoms with Gasteiger partial charge in [0.25, 0.3) is 5.91 Å². The van der Waals surface area contributed by atoms with Crippen molar-refractivity contribution >= 4 is 17.6 Å². The molecular formula is C22H25F3N4O4. The van der Waals surface area contributed by atoms with E-state index in [1.807, 2.05) is 0 Å². The number of aliphatic hydroxyl groups is 1. The largest absolute Gasteiger partial charge is 0.416 e. The van der Waals surface area contributed by atoms with Crippen molar-refractivity contribution in [1.29, 1.82) is 0 Å². The second-order valence-electron chi connectivity index (χ2n) is 7.62. The standard InChI is InChI=1S/C22H25F3N4O4/c23-22(24,25)15-3-5-16(6-4-15)28-21(32)27-11-9-17-7-8-18(19(13-30)33-17)29-20(31)14-2-1-10-26-12-14/h1-6,10,12,17-19,30H,7-9,11,13H2,(H,29,31)(H2,27,28,32)/t17-,18-,19+/m1/s1. The molecule has 33 heavy (non-hydrogen) atoms. The van der Waals surface area contributed by atoms with Crippen molar-refractivity contribution in [3.63, 3.8) is 0 Å². The number of urea groups is 1. The first-order valence-electron chi connectivity index (χ1n) is 10.5. The van der Waals surface area contributed by atoms with Crippen LogP contribution >= 0.6 is 0 Å². The highest BCUT2D eigenvalue weighted by Gasteiger charge is 2.32. The summed E-state index contributed by atoms with van der Waals surface area (Å²) in [5.41, 5.74) is -0.141. The number of halogens is 3. The van der Waals surface area contributed by atoms with E-state index >= 15 is 0 Å². The lowest BCUT2D eigenvalue weighted by atomic mass is 9.97. The lowest BCUT2D eigenvalue weighted by Gasteiger charge is -2.36. The molecule has 1 aliphatic rings. The van der Waals surface area contributed by atoms with Gasteiger partial charge in [-0.05, 0) is 55.7 Å². The van der Waals surface area contributed by atoms with Crippen molar-refractivity contribution in [1.82, 2.24) is 15.6 Å². The van der Waals surface area contributed by atoms with Crippen LogP contribution in [0.4, 0.5) is 23.7 Å². The van der Waals surface area contributed by atoms with Crippen molar-refractivity contribution in [2.45, 2.75) is 43.7 Å². The normalized spacial score (nSPS) is 20.7. The summed E-state index contributed by atoms with van der Waals surface area (Å²) in [4.78, 5) is 28.2. The molecule has 178 valence electrons. The fourth-order valence-electron chi connectivity index (χ4n) is 3.52. The number of hydrogen-bond acceptors (Lipinski definition) is 5. The smallest absolute Gasteiger partial charge is 0.394 e. The number of carbonyl (C=O) groups is 2. The van der Waals surface area contributed by atoms with Gasteiger partial charge in [-0.3, -0.25) is 9.78 Å². The number of amides is 3. The number of aliphatic hydroxyl groups excluding tert-OH is 1. The van der Waals surface area contributed by atoms with Gasteiger partial charge in [-0.2, -0.15) is 13.2 Å². The fourth-order valence-corrected chi connectivity index (χ4v) is 3.52. The van der Waals surface area contributed by atoms with Gasteiger partial charge in [0.1, 0.15) is 6.10 Å². The molecule has 3 amide bonds. The summed E-state index contributed by atoms with van der Waals surface area (Å²) in [6, 6.07) is 6.54. The number of carbonyl (C=O) groups excluding carboxylic acids is 2. The van der Waals surface area contributed by atoms with E-state index in [1.165, 1.54) is 18.3 Å². The van der Waals surface area contributed by atoms with Gasteiger partial charge in [0.2, 0.25) is 0 Å². The SMILES string of the molecule is O=C(NCC[C@H]1CC[C@@H](NC(=O)c2cccnc2)[C@H](CO)O1)Nc1ccc(C(F)(F)F)cc1. The second-order valence-corrected chi connectivity index (χ2v) is 7.62. The second kappa shape index (κ2) is 11.1. The molecule has 0 unspecified atom stereocenters. The Morgan fingerprint density at radius 3 is 2.55 bits per heavy atom. The summed E-state index contributed by atoms with van der Waals surface area (Å²) < 4.78 is 43.6. The first kappa shape index (κ1) is 24.5. The quantitative estimate of drug-likeness (QED) is 0.501. The Hall–Kier alpha value is -3.18. The summed E-state index contributed by atoms with van der Waals surface area (Å²) in [6.45, 7) is -0.00167. The zero-order valence-corrected chi connectivity index (χ0v) is 17.6. The zero-order valence-electron chi connectivity index (χ0n) is 17.6. The van der Waals surface area contributed by atoms with Crippen molar-refractivity contribution in [3.8, 4) is 0 Å². The van der Waals surface area contributed by atoms with Crippen molar-refractivity contribution in [2.24, 2.45) is 0 Å². The van der Waals surface area contributed by atoms with Crippen LogP contribution < -0.4 is 16.0 Å². The predicted molar refractivity (Wildman–Crippen MR) is 114 cm³/mol. The van der Waals surface area contributed by atoms with Gasteiger partial charge in [0, 0.05) is 24.6 Å². The van der Waals surface area contributed by atoms with Crippen molar-refractivity contribution in [2.75, 3.05) is 18.5 Å². The molecular weight excluding hydrogens is 441 g/mol. The van der Waals surface area contributed by atoms with Crippen LogP contribution in [-0.4, -0.2) is 53.4 Å². The third kappa shape index (κ3) is 7.16. The molecule has 8 nitrogen and oxygen atoms in total. The van der Waals surface area contributed by atoms with E-state index in [-0.39, 0.29) is 36.9 Å². The summed E-state index contributed by atoms with van der Waals surface area (Å²) in [7, 11) is 0. The Balaban J connectivity index is 1.40. The molecule has 11 heteroatoms. The maximum Gasteiger partial charge on any atom is 0.416 e. The number of nitrogens with one attached hydrogen (secondary N) is 3. The van der Waals surface area contributed by atoms with Crippen LogP contribution in [0.3, 0.4) is 0 Å². The maximum atomic E-state index is 12.6. The van der Waals surface area contributed by atoms with E-state index in [0.29, 0.717) is 24.8 Å². The van der Waals surface area contributed by atoms with Gasteiger partial charge in [-0.25, -0.2) is 4.79 Å². The predicted octanol–water partition coefficient (Wildman–Crippen LogP) is 2.95. The molecule has 1 saturated heterocycles. The molecule has 1 aliphatic heterocycles. The Bertz CT molecular complexity index is 925. The molecule has 0 spiro atoms. The molecule has 0 radical (unpaired) electrons. The van der Waals surface area contributed by atoms with Crippen molar-refractivity contribution < 1.29 is 32.6 Å². The molecule has 3 atom stereocenters. The van der Waals surface area contributed by atoms with Gasteiger partial charge < -0.3 is 25.8 Å². The fraction of sp³-hybridized carbons (Fsp3) is 0.409. The van der Waals surface area contributed by atoms with Crippen LogP contribution in [0.5, 0.6) is 0 Å². The Kier molecular flexibility index (Phi) is 8.23. The Morgan fingerprint density at radius 1 is 1.15 bits per heavy atom. The monoisotopic (exact) mass is 466 g/mol. The van der Waals surface area contributed by atoms with Crippen LogP contribution in [0.15, 0.2) is 48.8 Å². The number of aromatic nitrogens is 1. The number of benzene rings is 1. The maximum absolute atomic E-state index is 12.6. The minimum absolute atomic E-state index is 0.222. The summed E-state index contributed by atoms with van der Waals surface area (Å²) >= 11 is 0. The molecule has 1 aromatic carbocycles. The van der Waals surface area contributed by atoms with E-state index in [0.717, 1.165) is 12.1 Å². The number of ether oxygens (including phenoxy) is 1. The highest BCUT2D eigenvalue weighted by Crippen LogP contribution is 2.29. The highest BCUT2D eigenvalue weighted by atomic mass is 19.4. The summed E-state index contributed by atoms with van der Waals surface area (Å²) in [5.74, 6) is -0.296. The third-order valence-electron chi connectivity index (χ3n) is 5.26. The minimum Gasteiger partial charge on any atom is -0.394 e. The average molecular weight is 466 g/mol. The van der Waals surface area contributed by atoms with Crippen molar-refractivity contribution in [3.05, 3.63) is 59.9 Å². The zero-order chi connectivity index (χ0) is 23.8. The number of pyridine rings is 1. The lowest BCUT2D eigenvalue weighted by molar-refractivity contribution is -0.137. The molecule has 1 aromatic heterocycles. The van der Waals surface area contributed by atoms with E-state index in [1.54, 1.807) is 18.3 Å². The summed E-state index contributed by atoms with van der Waals surface area (Å²) in [5, 5.41) is 17.6. The lowest BCUT2D eigenvalue weighted by Crippen LogP contribution is -2.51. The van der Waals surface area contributed by atoms with Gasteiger partial charge in [0.05, 0.1) is 29.9 Å². The molecule has 0 saturated carbocycles. The van der Waals surface area contributed by atoms with E-state index in [2.05, 4.69) is 20.9 Å². The molecule has 4 N–H and O–H groups in total. The Labute approximate surface area is 188 Å². The molecule has 3 rings (SSSR count). The molecule has 0 aliphatic carbocycles. The number of anilines is 1. The molecule has 2 heterocycles. The van der Waals surface area contributed by atoms with Crippen LogP contribution in [0, 0.1) is 0 Å². The van der Waals surface area contributed by atoms with Crippen LogP contribution in [0.25, 0.3) is 0 Å². The number of rotatable bonds is 7. The topological polar surface area (TPSA) is 113 Å². The van der Waals surface area contributed by atoms with Gasteiger partial charge in [-0.1, -0.05) is 0 Å². The first-order chi connectivity index (χ1) is 15.8. The van der Waals surface area contributed by atoms with E-state index in [4.69, 9.17) is 4.74 Å². The van der Waals surface area contributed by atoms with Crippen LogP contribution in [0.1, 0.15) is 35.2 Å². The van der Waals surface area contributed by atoms with Crippen LogP contribution in [-0.2, 0) is 10.9 Å².